The van der Waals surface area contributed by atoms with Gasteiger partial charge in [0, 0.05) is 51.3 Å². The van der Waals surface area contributed by atoms with Crippen molar-refractivity contribution in [3.8, 4) is 0 Å². The molecule has 1 spiro atoms. The number of likely N-dealkylation sites (tertiary alicyclic amines) is 1. The van der Waals surface area contributed by atoms with Crippen LogP contribution in [-0.4, -0.2) is 68.7 Å². The lowest BCUT2D eigenvalue weighted by atomic mass is 9.87. The minimum Gasteiger partial charge on any atom is -0.381 e. The maximum Gasteiger partial charge on any atom is 0.193 e. The Morgan fingerprint density at radius 2 is 2.15 bits per heavy atom. The predicted molar refractivity (Wildman–Crippen MR) is 107 cm³/mol. The van der Waals surface area contributed by atoms with Crippen LogP contribution in [0, 0.1) is 5.41 Å². The van der Waals surface area contributed by atoms with Gasteiger partial charge in [0.15, 0.2) is 5.96 Å². The van der Waals surface area contributed by atoms with Crippen molar-refractivity contribution < 1.29 is 4.74 Å². The Kier molecular flexibility index (Phi) is 6.54. The van der Waals surface area contributed by atoms with Gasteiger partial charge in [0.1, 0.15) is 0 Å². The van der Waals surface area contributed by atoms with E-state index in [0.717, 1.165) is 51.8 Å². The number of hydrogen-bond donors (Lipinski definition) is 1. The molecule has 2 saturated heterocycles. The van der Waals surface area contributed by atoms with Crippen LogP contribution < -0.4 is 5.32 Å². The Morgan fingerprint density at radius 3 is 2.85 bits per heavy atom. The molecule has 0 radical (unpaired) electrons. The molecule has 0 aromatic heterocycles. The topological polar surface area (TPSA) is 40.1 Å². The summed E-state index contributed by atoms with van der Waals surface area (Å²) in [6, 6.07) is 11.2. The van der Waals surface area contributed by atoms with Gasteiger partial charge in [0.05, 0.1) is 6.61 Å². The molecule has 2 aliphatic heterocycles. The minimum atomic E-state index is 0.376. The Labute approximate surface area is 158 Å². The van der Waals surface area contributed by atoms with Crippen LogP contribution in [0.1, 0.15) is 31.7 Å². The van der Waals surface area contributed by atoms with Crippen molar-refractivity contribution in [1.29, 1.82) is 0 Å². The molecule has 2 heterocycles. The largest absolute Gasteiger partial charge is 0.381 e. The summed E-state index contributed by atoms with van der Waals surface area (Å²) >= 11 is 0. The molecule has 5 nitrogen and oxygen atoms in total. The van der Waals surface area contributed by atoms with E-state index < -0.39 is 0 Å². The van der Waals surface area contributed by atoms with Gasteiger partial charge >= 0.3 is 0 Å². The third-order valence-electron chi connectivity index (χ3n) is 6.01. The Balaban J connectivity index is 1.41. The van der Waals surface area contributed by atoms with Crippen molar-refractivity contribution in [2.45, 2.75) is 38.8 Å². The average molecular weight is 359 g/mol. The smallest absolute Gasteiger partial charge is 0.193 e. The number of hydrogen-bond acceptors (Lipinski definition) is 3. The van der Waals surface area contributed by atoms with Crippen molar-refractivity contribution in [3.05, 3.63) is 35.9 Å². The van der Waals surface area contributed by atoms with Gasteiger partial charge in [-0.2, -0.15) is 0 Å². The lowest BCUT2D eigenvalue weighted by Gasteiger charge is -2.27. The standard InChI is InChI=1S/C21H34N4O/c1-18(24(3)15-19-7-5-4-6-8-19)9-12-23-20(22-2)25-13-10-21(16-25)11-14-26-17-21/h4-8,18H,9-17H2,1-3H3,(H,22,23). The quantitative estimate of drug-likeness (QED) is 0.627. The normalized spacial score (nSPS) is 24.6. The second-order valence-corrected chi connectivity index (χ2v) is 7.99. The van der Waals surface area contributed by atoms with E-state index in [0.29, 0.717) is 11.5 Å². The molecular formula is C21H34N4O. The molecule has 1 aromatic carbocycles. The highest BCUT2D eigenvalue weighted by atomic mass is 16.5. The summed E-state index contributed by atoms with van der Waals surface area (Å²) in [7, 11) is 4.10. The molecule has 0 amide bonds. The first kappa shape index (κ1) is 19.2. The number of rotatable bonds is 6. The first-order chi connectivity index (χ1) is 12.6. The molecule has 2 atom stereocenters. The maximum atomic E-state index is 5.64. The maximum absolute atomic E-state index is 5.64. The zero-order chi connectivity index (χ0) is 18.4. The molecule has 0 bridgehead atoms. The Bertz CT molecular complexity index is 583. The van der Waals surface area contributed by atoms with E-state index in [1.54, 1.807) is 0 Å². The van der Waals surface area contributed by atoms with E-state index in [9.17, 15) is 0 Å². The fourth-order valence-electron chi connectivity index (χ4n) is 4.06. The highest BCUT2D eigenvalue weighted by molar-refractivity contribution is 5.80. The molecule has 2 aliphatic rings. The Morgan fingerprint density at radius 1 is 1.35 bits per heavy atom. The second kappa shape index (κ2) is 8.87. The lowest BCUT2D eigenvalue weighted by molar-refractivity contribution is 0.156. The molecule has 2 unspecified atom stereocenters. The van der Waals surface area contributed by atoms with Crippen molar-refractivity contribution >= 4 is 5.96 Å². The molecule has 3 rings (SSSR count). The van der Waals surface area contributed by atoms with Crippen LogP contribution in [0.2, 0.25) is 0 Å². The Hall–Kier alpha value is -1.59. The minimum absolute atomic E-state index is 0.376. The summed E-state index contributed by atoms with van der Waals surface area (Å²) in [6.07, 6.45) is 3.52. The van der Waals surface area contributed by atoms with E-state index in [2.05, 4.69) is 64.4 Å². The molecule has 2 fully saturated rings. The zero-order valence-corrected chi connectivity index (χ0v) is 16.6. The number of ether oxygens (including phenoxy) is 1. The summed E-state index contributed by atoms with van der Waals surface area (Å²) < 4.78 is 5.64. The SMILES string of the molecule is CN=C(NCCC(C)N(C)Cc1ccccc1)N1CCC2(CCOC2)C1. The summed E-state index contributed by atoms with van der Waals surface area (Å²) in [5.74, 6) is 1.05. The van der Waals surface area contributed by atoms with Gasteiger partial charge in [-0.25, -0.2) is 0 Å². The third kappa shape index (κ3) is 4.77. The van der Waals surface area contributed by atoms with E-state index >= 15 is 0 Å². The van der Waals surface area contributed by atoms with Crippen LogP contribution in [0.25, 0.3) is 0 Å². The van der Waals surface area contributed by atoms with Crippen molar-refractivity contribution in [1.82, 2.24) is 15.1 Å². The van der Waals surface area contributed by atoms with Gasteiger partial charge in [-0.05, 0) is 38.8 Å². The van der Waals surface area contributed by atoms with Crippen LogP contribution in [-0.2, 0) is 11.3 Å². The van der Waals surface area contributed by atoms with Gasteiger partial charge in [0.25, 0.3) is 0 Å². The van der Waals surface area contributed by atoms with Crippen LogP contribution >= 0.6 is 0 Å². The van der Waals surface area contributed by atoms with Crippen molar-refractivity contribution in [2.75, 3.05) is 46.9 Å². The number of nitrogens with one attached hydrogen (secondary N) is 1. The first-order valence-corrected chi connectivity index (χ1v) is 9.89. The zero-order valence-electron chi connectivity index (χ0n) is 16.6. The van der Waals surface area contributed by atoms with Crippen LogP contribution in [0.5, 0.6) is 0 Å². The molecule has 1 aromatic rings. The fourth-order valence-corrected chi connectivity index (χ4v) is 4.06. The van der Waals surface area contributed by atoms with E-state index in [1.807, 2.05) is 7.05 Å². The average Bonchev–Trinajstić information content (AvgIpc) is 3.29. The molecule has 144 valence electrons. The number of benzene rings is 1. The monoisotopic (exact) mass is 358 g/mol. The molecular weight excluding hydrogens is 324 g/mol. The number of guanidine groups is 1. The van der Waals surface area contributed by atoms with Gasteiger partial charge in [-0.3, -0.25) is 9.89 Å². The summed E-state index contributed by atoms with van der Waals surface area (Å²) in [4.78, 5) is 9.34. The second-order valence-electron chi connectivity index (χ2n) is 7.99. The summed E-state index contributed by atoms with van der Waals surface area (Å²) in [5.41, 5.74) is 1.74. The predicted octanol–water partition coefficient (Wildman–Crippen LogP) is 2.58. The van der Waals surface area contributed by atoms with E-state index in [4.69, 9.17) is 4.74 Å². The molecule has 1 N–H and O–H groups in total. The fraction of sp³-hybridized carbons (Fsp3) is 0.667. The molecule has 0 aliphatic carbocycles. The molecule has 0 saturated carbocycles. The van der Waals surface area contributed by atoms with Gasteiger partial charge in [-0.1, -0.05) is 30.3 Å². The molecule has 5 heteroatoms. The van der Waals surface area contributed by atoms with Crippen molar-refractivity contribution in [2.24, 2.45) is 10.4 Å². The van der Waals surface area contributed by atoms with Crippen molar-refractivity contribution in [3.63, 3.8) is 0 Å². The summed E-state index contributed by atoms with van der Waals surface area (Å²) in [6.45, 7) is 8.25. The van der Waals surface area contributed by atoms with Gasteiger partial charge < -0.3 is 15.0 Å². The van der Waals surface area contributed by atoms with Gasteiger partial charge in [-0.15, -0.1) is 0 Å². The van der Waals surface area contributed by atoms with E-state index in [-0.39, 0.29) is 0 Å². The number of aliphatic imine (C=N–C) groups is 1. The first-order valence-electron chi connectivity index (χ1n) is 9.89. The summed E-state index contributed by atoms with van der Waals surface area (Å²) in [5, 5.41) is 3.58. The van der Waals surface area contributed by atoms with Crippen LogP contribution in [0.3, 0.4) is 0 Å². The molecule has 26 heavy (non-hydrogen) atoms. The van der Waals surface area contributed by atoms with E-state index in [1.165, 1.54) is 18.4 Å². The highest BCUT2D eigenvalue weighted by Crippen LogP contribution is 2.38. The van der Waals surface area contributed by atoms with Crippen LogP contribution in [0.4, 0.5) is 0 Å². The highest BCUT2D eigenvalue weighted by Gasteiger charge is 2.42. The van der Waals surface area contributed by atoms with Crippen LogP contribution in [0.15, 0.2) is 35.3 Å². The third-order valence-corrected chi connectivity index (χ3v) is 6.01. The van der Waals surface area contributed by atoms with Gasteiger partial charge in [0.2, 0.25) is 0 Å². The lowest BCUT2D eigenvalue weighted by Crippen LogP contribution is -2.43. The number of nitrogens with zero attached hydrogens (tertiary/aromatic N) is 3.